The van der Waals surface area contributed by atoms with Crippen molar-refractivity contribution in [1.29, 1.82) is 0 Å². The van der Waals surface area contributed by atoms with Gasteiger partial charge in [-0.1, -0.05) is 43.8 Å². The second-order valence-electron chi connectivity index (χ2n) is 6.63. The predicted octanol–water partition coefficient (Wildman–Crippen LogP) is 5.98. The van der Waals surface area contributed by atoms with Gasteiger partial charge in [-0.3, -0.25) is 10.1 Å². The van der Waals surface area contributed by atoms with E-state index in [1.54, 1.807) is 18.9 Å². The third-order valence-electron chi connectivity index (χ3n) is 4.30. The molecule has 1 amide bonds. The lowest BCUT2D eigenvalue weighted by atomic mass is 10.3. The molecule has 3 rings (SSSR count). The zero-order chi connectivity index (χ0) is 23.6. The number of nitrogens with one attached hydrogen (secondary N) is 3. The van der Waals surface area contributed by atoms with Crippen LogP contribution < -0.4 is 20.7 Å². The van der Waals surface area contributed by atoms with E-state index in [0.717, 1.165) is 22.0 Å². The topological polar surface area (TPSA) is 88.2 Å². The van der Waals surface area contributed by atoms with Crippen LogP contribution in [0.25, 0.3) is 0 Å². The molecule has 3 N–H and O–H groups in total. The number of nitrogens with zero attached hydrogens (tertiary/aromatic N) is 2. The van der Waals surface area contributed by atoms with Crippen LogP contribution in [0, 0.1) is 0 Å². The van der Waals surface area contributed by atoms with Gasteiger partial charge >= 0.3 is 0 Å². The molecule has 3 aromatic rings. The highest BCUT2D eigenvalue weighted by Gasteiger charge is 2.20. The Labute approximate surface area is 211 Å². The SMILES string of the molecule is CCSc1nsc(NC(=O)C(CC)Sc2cccc(NC(=S)Nc3ccccc3OC)c2)n1. The van der Waals surface area contributed by atoms with Crippen LogP contribution in [-0.2, 0) is 4.79 Å². The van der Waals surface area contributed by atoms with Gasteiger partial charge < -0.3 is 15.4 Å². The summed E-state index contributed by atoms with van der Waals surface area (Å²) in [5.74, 6) is 1.51. The number of thiocarbonyl (C=S) groups is 1. The van der Waals surface area contributed by atoms with E-state index in [1.807, 2.05) is 62.4 Å². The number of para-hydroxylation sites is 2. The highest BCUT2D eigenvalue weighted by molar-refractivity contribution is 8.00. The van der Waals surface area contributed by atoms with Crippen molar-refractivity contribution in [1.82, 2.24) is 9.36 Å². The molecule has 0 aliphatic carbocycles. The number of carbonyl (C=O) groups excluding carboxylic acids is 1. The van der Waals surface area contributed by atoms with Gasteiger partial charge in [-0.2, -0.15) is 9.36 Å². The van der Waals surface area contributed by atoms with Gasteiger partial charge in [0.15, 0.2) is 5.11 Å². The molecular weight excluding hydrogens is 495 g/mol. The highest BCUT2D eigenvalue weighted by Crippen LogP contribution is 2.29. The summed E-state index contributed by atoms with van der Waals surface area (Å²) in [6, 6.07) is 15.4. The zero-order valence-electron chi connectivity index (χ0n) is 18.5. The number of carbonyl (C=O) groups is 1. The van der Waals surface area contributed by atoms with E-state index >= 15 is 0 Å². The quantitative estimate of drug-likeness (QED) is 0.221. The molecule has 1 aromatic heterocycles. The number of ether oxygens (including phenoxy) is 1. The summed E-state index contributed by atoms with van der Waals surface area (Å²) in [7, 11) is 1.62. The fraction of sp³-hybridized carbons (Fsp3) is 0.273. The maximum absolute atomic E-state index is 12.8. The number of aromatic nitrogens is 2. The predicted molar refractivity (Wildman–Crippen MR) is 144 cm³/mol. The molecule has 11 heteroatoms. The minimum atomic E-state index is -0.259. The number of amides is 1. The molecule has 0 fully saturated rings. The fourth-order valence-corrected chi connectivity index (χ4v) is 5.32. The highest BCUT2D eigenvalue weighted by atomic mass is 32.2. The Hall–Kier alpha value is -2.34. The minimum absolute atomic E-state index is 0.0848. The Kier molecular flexibility index (Phi) is 9.79. The van der Waals surface area contributed by atoms with Crippen LogP contribution in [0.15, 0.2) is 58.6 Å². The first-order chi connectivity index (χ1) is 16.0. The van der Waals surface area contributed by atoms with Crippen LogP contribution in [-0.4, -0.2) is 38.5 Å². The molecule has 0 radical (unpaired) electrons. The van der Waals surface area contributed by atoms with Crippen molar-refractivity contribution >= 4 is 74.8 Å². The molecule has 0 aliphatic heterocycles. The monoisotopic (exact) mass is 519 g/mol. The first-order valence-corrected chi connectivity index (χ1v) is 13.3. The third-order valence-corrected chi connectivity index (χ3v) is 7.34. The van der Waals surface area contributed by atoms with Crippen LogP contribution >= 0.6 is 47.3 Å². The first kappa shape index (κ1) is 25.3. The largest absolute Gasteiger partial charge is 0.495 e. The maximum atomic E-state index is 12.8. The summed E-state index contributed by atoms with van der Waals surface area (Å²) < 4.78 is 9.60. The number of methoxy groups -OCH3 is 1. The van der Waals surface area contributed by atoms with Gasteiger partial charge in [0.05, 0.1) is 18.0 Å². The summed E-state index contributed by atoms with van der Waals surface area (Å²) in [5.41, 5.74) is 1.61. The van der Waals surface area contributed by atoms with Crippen molar-refractivity contribution < 1.29 is 9.53 Å². The van der Waals surface area contributed by atoms with Gasteiger partial charge in [0, 0.05) is 22.1 Å². The Morgan fingerprint density at radius 2 is 1.97 bits per heavy atom. The van der Waals surface area contributed by atoms with Crippen LogP contribution in [0.2, 0.25) is 0 Å². The lowest BCUT2D eigenvalue weighted by molar-refractivity contribution is -0.115. The maximum Gasteiger partial charge on any atom is 0.239 e. The second-order valence-corrected chi connectivity index (χ2v) is 10.3. The number of hydrogen-bond donors (Lipinski definition) is 3. The Morgan fingerprint density at radius 3 is 2.73 bits per heavy atom. The van der Waals surface area contributed by atoms with Crippen LogP contribution in [0.5, 0.6) is 5.75 Å². The van der Waals surface area contributed by atoms with E-state index in [-0.39, 0.29) is 11.2 Å². The smallest absolute Gasteiger partial charge is 0.239 e. The van der Waals surface area contributed by atoms with Crippen molar-refractivity contribution in [3.8, 4) is 5.75 Å². The van der Waals surface area contributed by atoms with E-state index in [1.165, 1.54) is 23.3 Å². The lowest BCUT2D eigenvalue weighted by Gasteiger charge is -2.15. The van der Waals surface area contributed by atoms with Gasteiger partial charge in [0.25, 0.3) is 0 Å². The van der Waals surface area contributed by atoms with E-state index in [0.29, 0.717) is 27.6 Å². The molecule has 0 spiro atoms. The molecule has 0 aliphatic rings. The van der Waals surface area contributed by atoms with Gasteiger partial charge in [-0.25, -0.2) is 0 Å². The number of benzene rings is 2. The van der Waals surface area contributed by atoms with Crippen LogP contribution in [0.1, 0.15) is 20.3 Å². The lowest BCUT2D eigenvalue weighted by Crippen LogP contribution is -2.24. The van der Waals surface area contributed by atoms with Crippen LogP contribution in [0.4, 0.5) is 16.5 Å². The molecule has 33 heavy (non-hydrogen) atoms. The van der Waals surface area contributed by atoms with Crippen molar-refractivity contribution in [2.24, 2.45) is 0 Å². The number of hydrogen-bond acceptors (Lipinski definition) is 8. The summed E-state index contributed by atoms with van der Waals surface area (Å²) in [4.78, 5) is 18.1. The first-order valence-electron chi connectivity index (χ1n) is 10.3. The second kappa shape index (κ2) is 12.8. The minimum Gasteiger partial charge on any atom is -0.495 e. The average molecular weight is 520 g/mol. The van der Waals surface area contributed by atoms with Crippen molar-refractivity contribution in [3.05, 3.63) is 48.5 Å². The molecule has 2 aromatic carbocycles. The van der Waals surface area contributed by atoms with E-state index in [2.05, 4.69) is 25.3 Å². The standard InChI is InChI=1S/C22H25N5O2S4/c1-4-18(19(28)25-21-26-22(27-33-21)31-5-2)32-15-10-8-9-14(13-15)23-20(30)24-16-11-6-7-12-17(16)29-3/h6-13,18H,4-5H2,1-3H3,(H2,23,24,30)(H,25,26,27,28). The molecule has 0 saturated carbocycles. The number of rotatable bonds is 10. The molecule has 174 valence electrons. The number of anilines is 3. The zero-order valence-corrected chi connectivity index (χ0v) is 21.7. The average Bonchev–Trinajstić information content (AvgIpc) is 3.25. The molecule has 1 atom stereocenters. The number of thioether (sulfide) groups is 2. The van der Waals surface area contributed by atoms with E-state index in [4.69, 9.17) is 17.0 Å². The summed E-state index contributed by atoms with van der Waals surface area (Å²) in [5, 5.41) is 10.6. The third kappa shape index (κ3) is 7.60. The molecule has 1 heterocycles. The van der Waals surface area contributed by atoms with Gasteiger partial charge in [0.2, 0.25) is 16.2 Å². The molecule has 0 saturated heterocycles. The summed E-state index contributed by atoms with van der Waals surface area (Å²) in [6.07, 6.45) is 0.678. The van der Waals surface area contributed by atoms with E-state index in [9.17, 15) is 4.79 Å². The van der Waals surface area contributed by atoms with Crippen LogP contribution in [0.3, 0.4) is 0 Å². The van der Waals surface area contributed by atoms with Gasteiger partial charge in [0.1, 0.15) is 5.75 Å². The van der Waals surface area contributed by atoms with Crippen molar-refractivity contribution in [2.45, 2.75) is 35.6 Å². The van der Waals surface area contributed by atoms with Gasteiger partial charge in [-0.05, 0) is 54.7 Å². The molecular formula is C22H25N5O2S4. The summed E-state index contributed by atoms with van der Waals surface area (Å²) >= 11 is 9.70. The fourth-order valence-electron chi connectivity index (χ4n) is 2.80. The van der Waals surface area contributed by atoms with Crippen molar-refractivity contribution in [3.63, 3.8) is 0 Å². The summed E-state index contributed by atoms with van der Waals surface area (Å²) in [6.45, 7) is 4.03. The Balaban J connectivity index is 1.60. The Bertz CT molecular complexity index is 1090. The van der Waals surface area contributed by atoms with Gasteiger partial charge in [-0.15, -0.1) is 11.8 Å². The molecule has 0 bridgehead atoms. The normalized spacial score (nSPS) is 11.5. The van der Waals surface area contributed by atoms with E-state index < -0.39 is 0 Å². The Morgan fingerprint density at radius 1 is 1.15 bits per heavy atom. The molecule has 1 unspecified atom stereocenters. The van der Waals surface area contributed by atoms with Crippen molar-refractivity contribution in [2.75, 3.05) is 28.8 Å². The molecule has 7 nitrogen and oxygen atoms in total.